The molecule has 1 aromatic heterocycles. The van der Waals surface area contributed by atoms with Crippen molar-refractivity contribution in [3.05, 3.63) is 100 Å². The van der Waals surface area contributed by atoms with E-state index in [1.54, 1.807) is 36.4 Å². The summed E-state index contributed by atoms with van der Waals surface area (Å²) in [7, 11) is 1.91. The summed E-state index contributed by atoms with van der Waals surface area (Å²) in [5, 5.41) is 2.72. The molecule has 30 heavy (non-hydrogen) atoms. The molecule has 0 aliphatic rings. The molecule has 0 unspecified atom stereocenters. The summed E-state index contributed by atoms with van der Waals surface area (Å²) in [6.07, 6.45) is 0. The van der Waals surface area contributed by atoms with Gasteiger partial charge in [0.1, 0.15) is 0 Å². The zero-order valence-corrected chi connectivity index (χ0v) is 17.7. The Morgan fingerprint density at radius 1 is 0.867 bits per heavy atom. The Morgan fingerprint density at radius 3 is 2.17 bits per heavy atom. The monoisotopic (exact) mass is 431 g/mol. The van der Waals surface area contributed by atoms with Gasteiger partial charge in [-0.3, -0.25) is 14.9 Å². The number of thiocarbonyl (C=S) groups is 1. The minimum Gasteiger partial charge on any atom is -0.319 e. The van der Waals surface area contributed by atoms with Gasteiger partial charge in [-0.1, -0.05) is 65.9 Å². The smallest absolute Gasteiger partial charge is 0.257 e. The van der Waals surface area contributed by atoms with Crippen LogP contribution in [0.3, 0.4) is 0 Å². The molecule has 0 fully saturated rings. The Balaban J connectivity index is 1.49. The largest absolute Gasteiger partial charge is 0.319 e. The lowest BCUT2D eigenvalue weighted by Gasteiger charge is -2.05. The molecule has 0 radical (unpaired) electrons. The van der Waals surface area contributed by atoms with E-state index in [2.05, 4.69) is 10.3 Å². The van der Waals surface area contributed by atoms with Crippen molar-refractivity contribution in [2.75, 3.05) is 0 Å². The third-order valence-electron chi connectivity index (χ3n) is 4.58. The van der Waals surface area contributed by atoms with Gasteiger partial charge in [-0.2, -0.15) is 4.99 Å². The van der Waals surface area contributed by atoms with E-state index in [0.717, 1.165) is 10.2 Å². The molecule has 4 rings (SSSR count). The van der Waals surface area contributed by atoms with Gasteiger partial charge in [-0.25, -0.2) is 0 Å². The fraction of sp³-hybridized carbons (Fsp3) is 0.0435. The fourth-order valence-electron chi connectivity index (χ4n) is 3.00. The lowest BCUT2D eigenvalue weighted by Crippen LogP contribution is -2.29. The number of fused-ring (bicyclic) bond motifs is 1. The minimum atomic E-state index is -0.369. The molecule has 0 saturated carbocycles. The van der Waals surface area contributed by atoms with Crippen molar-refractivity contribution in [3.63, 3.8) is 0 Å². The highest BCUT2D eigenvalue weighted by atomic mass is 32.1. The van der Waals surface area contributed by atoms with E-state index in [0.29, 0.717) is 21.5 Å². The number of hydrogen-bond acceptors (Lipinski definition) is 4. The first-order valence-corrected chi connectivity index (χ1v) is 10.4. The average Bonchev–Trinajstić information content (AvgIpc) is 3.09. The number of benzene rings is 3. The van der Waals surface area contributed by atoms with E-state index in [9.17, 15) is 9.59 Å². The van der Waals surface area contributed by atoms with Crippen molar-refractivity contribution in [3.8, 4) is 0 Å². The molecule has 1 heterocycles. The lowest BCUT2D eigenvalue weighted by molar-refractivity contribution is 0.0975. The van der Waals surface area contributed by atoms with Crippen LogP contribution in [0.2, 0.25) is 0 Å². The van der Waals surface area contributed by atoms with Crippen LogP contribution in [0.15, 0.2) is 83.9 Å². The number of nitrogens with zero attached hydrogens (tertiary/aromatic N) is 2. The first-order valence-electron chi connectivity index (χ1n) is 9.17. The predicted octanol–water partition coefficient (Wildman–Crippen LogP) is 4.09. The molecule has 0 bridgehead atoms. The second-order valence-corrected chi connectivity index (χ2v) is 7.95. The zero-order chi connectivity index (χ0) is 21.1. The van der Waals surface area contributed by atoms with Crippen LogP contribution in [0.1, 0.15) is 26.3 Å². The quantitative estimate of drug-likeness (QED) is 0.393. The van der Waals surface area contributed by atoms with Crippen LogP contribution >= 0.6 is 23.6 Å². The fourth-order valence-corrected chi connectivity index (χ4v) is 4.26. The molecule has 5 nitrogen and oxygen atoms in total. The van der Waals surface area contributed by atoms with Crippen LogP contribution in [-0.4, -0.2) is 21.4 Å². The maximum absolute atomic E-state index is 12.5. The SMILES string of the molecule is Cn1/c(=N\C(=S)NC(=O)c2ccc(C(=O)c3ccccc3)cc2)sc2ccccc21. The normalized spacial score (nSPS) is 11.4. The number of ketones is 1. The van der Waals surface area contributed by atoms with Crippen molar-refractivity contribution in [2.45, 2.75) is 0 Å². The molecule has 4 aromatic rings. The molecule has 3 aromatic carbocycles. The van der Waals surface area contributed by atoms with E-state index in [1.807, 2.05) is 54.1 Å². The summed E-state index contributed by atoms with van der Waals surface area (Å²) < 4.78 is 3.02. The van der Waals surface area contributed by atoms with Gasteiger partial charge in [0.2, 0.25) is 5.11 Å². The van der Waals surface area contributed by atoms with E-state index in [1.165, 1.54) is 11.3 Å². The number of carbonyl (C=O) groups is 2. The van der Waals surface area contributed by atoms with Crippen molar-refractivity contribution in [2.24, 2.45) is 12.0 Å². The number of thiazole rings is 1. The number of nitrogens with one attached hydrogen (secondary N) is 1. The number of amides is 1. The topological polar surface area (TPSA) is 63.5 Å². The van der Waals surface area contributed by atoms with Crippen LogP contribution in [0.4, 0.5) is 0 Å². The molecule has 148 valence electrons. The summed E-state index contributed by atoms with van der Waals surface area (Å²) in [5.74, 6) is -0.462. The molecular formula is C23H17N3O2S2. The summed E-state index contributed by atoms with van der Waals surface area (Å²) in [6, 6.07) is 23.4. The third-order valence-corrected chi connectivity index (χ3v) is 5.88. The van der Waals surface area contributed by atoms with Gasteiger partial charge in [0, 0.05) is 23.7 Å². The number of carbonyl (C=O) groups excluding carboxylic acids is 2. The molecule has 1 N–H and O–H groups in total. The van der Waals surface area contributed by atoms with Crippen LogP contribution in [0, 0.1) is 0 Å². The third kappa shape index (κ3) is 4.12. The van der Waals surface area contributed by atoms with Crippen molar-refractivity contribution in [1.82, 2.24) is 9.88 Å². The molecular weight excluding hydrogens is 414 g/mol. The van der Waals surface area contributed by atoms with Crippen molar-refractivity contribution < 1.29 is 9.59 Å². The van der Waals surface area contributed by atoms with E-state index < -0.39 is 0 Å². The second kappa shape index (κ2) is 8.52. The first kappa shape index (κ1) is 19.9. The van der Waals surface area contributed by atoms with Crippen LogP contribution in [0.5, 0.6) is 0 Å². The van der Waals surface area contributed by atoms with E-state index >= 15 is 0 Å². The number of hydrogen-bond donors (Lipinski definition) is 1. The molecule has 0 spiro atoms. The van der Waals surface area contributed by atoms with Gasteiger partial charge < -0.3 is 4.57 Å². The van der Waals surface area contributed by atoms with Crippen LogP contribution in [-0.2, 0) is 7.05 Å². The first-order chi connectivity index (χ1) is 14.5. The summed E-state index contributed by atoms with van der Waals surface area (Å²) in [6.45, 7) is 0. The second-order valence-electron chi connectivity index (χ2n) is 6.55. The molecule has 0 aliphatic heterocycles. The van der Waals surface area contributed by atoms with Gasteiger partial charge in [-0.15, -0.1) is 0 Å². The Kier molecular flexibility index (Phi) is 5.65. The number of aromatic nitrogens is 1. The minimum absolute atomic E-state index is 0.0894. The molecule has 7 heteroatoms. The van der Waals surface area contributed by atoms with E-state index in [-0.39, 0.29) is 16.8 Å². The predicted molar refractivity (Wildman–Crippen MR) is 123 cm³/mol. The van der Waals surface area contributed by atoms with Gasteiger partial charge in [0.05, 0.1) is 10.2 Å². The summed E-state index contributed by atoms with van der Waals surface area (Å²) in [5.41, 5.74) is 2.57. The van der Waals surface area contributed by atoms with Gasteiger partial charge in [-0.05, 0) is 36.5 Å². The van der Waals surface area contributed by atoms with Crippen molar-refractivity contribution >= 4 is 50.6 Å². The van der Waals surface area contributed by atoms with E-state index in [4.69, 9.17) is 12.2 Å². The highest BCUT2D eigenvalue weighted by Gasteiger charge is 2.12. The summed E-state index contributed by atoms with van der Waals surface area (Å²) in [4.78, 5) is 30.1. The summed E-state index contributed by atoms with van der Waals surface area (Å²) >= 11 is 6.75. The zero-order valence-electron chi connectivity index (χ0n) is 16.0. The van der Waals surface area contributed by atoms with Gasteiger partial charge in [0.15, 0.2) is 10.6 Å². The molecule has 0 aliphatic carbocycles. The van der Waals surface area contributed by atoms with Gasteiger partial charge in [0.25, 0.3) is 5.91 Å². The van der Waals surface area contributed by atoms with Crippen LogP contribution < -0.4 is 10.1 Å². The van der Waals surface area contributed by atoms with Gasteiger partial charge >= 0.3 is 0 Å². The Bertz CT molecular complexity index is 1320. The number of aryl methyl sites for hydroxylation is 1. The maximum atomic E-state index is 12.5. The lowest BCUT2D eigenvalue weighted by atomic mass is 10.0. The van der Waals surface area contributed by atoms with Crippen LogP contribution in [0.25, 0.3) is 10.2 Å². The molecule has 1 amide bonds. The highest BCUT2D eigenvalue weighted by Crippen LogP contribution is 2.15. The Labute approximate surface area is 182 Å². The molecule has 0 atom stereocenters. The number of para-hydroxylation sites is 1. The maximum Gasteiger partial charge on any atom is 0.257 e. The van der Waals surface area contributed by atoms with Crippen molar-refractivity contribution in [1.29, 1.82) is 0 Å². The average molecular weight is 432 g/mol. The standard InChI is InChI=1S/C23H17N3O2S2/c1-26-18-9-5-6-10-19(18)30-23(26)25-22(29)24-21(28)17-13-11-16(12-14-17)20(27)15-7-3-2-4-8-15/h2-14H,1H3,(H,24,28,29)/b25-23+. The molecule has 0 saturated heterocycles. The number of rotatable bonds is 3. The Morgan fingerprint density at radius 2 is 1.47 bits per heavy atom. The Hall–Kier alpha value is -3.42. The highest BCUT2D eigenvalue weighted by molar-refractivity contribution is 7.80.